The van der Waals surface area contributed by atoms with Crippen LogP contribution in [0.4, 0.5) is 0 Å². The van der Waals surface area contributed by atoms with E-state index in [-0.39, 0.29) is 6.10 Å². The molecule has 0 aliphatic carbocycles. The third kappa shape index (κ3) is 4.97. The van der Waals surface area contributed by atoms with Crippen molar-refractivity contribution in [3.63, 3.8) is 0 Å². The van der Waals surface area contributed by atoms with Gasteiger partial charge < -0.3 is 9.84 Å². The summed E-state index contributed by atoms with van der Waals surface area (Å²) in [5, 5.41) is 12.4. The molecule has 4 aromatic rings. The van der Waals surface area contributed by atoms with Gasteiger partial charge in [-0.3, -0.25) is 4.90 Å². The van der Waals surface area contributed by atoms with E-state index in [0.717, 1.165) is 35.3 Å². The van der Waals surface area contributed by atoms with Crippen LogP contribution in [0.25, 0.3) is 11.1 Å². The summed E-state index contributed by atoms with van der Waals surface area (Å²) in [6.45, 7) is 2.99. The Morgan fingerprint density at radius 1 is 0.765 bits per heavy atom. The number of benzene rings is 4. The van der Waals surface area contributed by atoms with Gasteiger partial charge in [-0.2, -0.15) is 0 Å². The molecule has 3 heteroatoms. The molecule has 1 fully saturated rings. The molecule has 0 radical (unpaired) electrons. The molecule has 0 saturated carbocycles. The molecule has 0 amide bonds. The Hall–Kier alpha value is -3.24. The number of aliphatic hydroxyl groups is 1. The summed E-state index contributed by atoms with van der Waals surface area (Å²) in [7, 11) is 0. The molecule has 1 aliphatic heterocycles. The van der Waals surface area contributed by atoms with Crippen molar-refractivity contribution in [2.45, 2.75) is 24.7 Å². The Morgan fingerprint density at radius 3 is 2.12 bits per heavy atom. The van der Waals surface area contributed by atoms with Crippen molar-refractivity contribution >= 4 is 0 Å². The molecule has 5 rings (SSSR count). The molecular weight excluding hydrogens is 418 g/mol. The topological polar surface area (TPSA) is 32.7 Å². The second-order valence-corrected chi connectivity index (χ2v) is 9.07. The maximum absolute atomic E-state index is 12.4. The Bertz CT molecular complexity index is 1180. The van der Waals surface area contributed by atoms with Crippen LogP contribution in [0.3, 0.4) is 0 Å². The van der Waals surface area contributed by atoms with Gasteiger partial charge in [-0.05, 0) is 27.8 Å². The van der Waals surface area contributed by atoms with Gasteiger partial charge in [0.25, 0.3) is 0 Å². The van der Waals surface area contributed by atoms with Crippen LogP contribution in [0.15, 0.2) is 115 Å². The predicted octanol–water partition coefficient (Wildman–Crippen LogP) is 5.68. The van der Waals surface area contributed by atoms with Crippen LogP contribution in [0.5, 0.6) is 0 Å². The fourth-order valence-electron chi connectivity index (χ4n) is 4.97. The zero-order chi connectivity index (χ0) is 23.2. The third-order valence-electron chi connectivity index (χ3n) is 6.77. The molecule has 4 aromatic carbocycles. The van der Waals surface area contributed by atoms with Crippen molar-refractivity contribution in [3.8, 4) is 11.1 Å². The molecule has 2 atom stereocenters. The second-order valence-electron chi connectivity index (χ2n) is 9.07. The molecule has 172 valence electrons. The Balaban J connectivity index is 1.47. The normalized spacial score (nSPS) is 18.3. The van der Waals surface area contributed by atoms with Gasteiger partial charge >= 0.3 is 0 Å². The summed E-state index contributed by atoms with van der Waals surface area (Å²) in [5.74, 6) is 0. The first kappa shape index (κ1) is 22.5. The van der Waals surface area contributed by atoms with E-state index in [2.05, 4.69) is 77.7 Å². The van der Waals surface area contributed by atoms with Crippen LogP contribution < -0.4 is 0 Å². The van der Waals surface area contributed by atoms with Gasteiger partial charge in [-0.25, -0.2) is 0 Å². The largest absolute Gasteiger partial charge is 0.382 e. The average molecular weight is 450 g/mol. The Labute approximate surface area is 202 Å². The molecule has 0 bridgehead atoms. The van der Waals surface area contributed by atoms with Crippen molar-refractivity contribution in [1.29, 1.82) is 0 Å². The van der Waals surface area contributed by atoms with Crippen molar-refractivity contribution in [1.82, 2.24) is 4.90 Å². The van der Waals surface area contributed by atoms with Crippen molar-refractivity contribution in [3.05, 3.63) is 132 Å². The summed E-state index contributed by atoms with van der Waals surface area (Å²) in [6, 6.07) is 39.3. The van der Waals surface area contributed by atoms with Crippen molar-refractivity contribution < 1.29 is 9.84 Å². The average Bonchev–Trinajstić information content (AvgIpc) is 2.91. The fourth-order valence-corrected chi connectivity index (χ4v) is 4.97. The Kier molecular flexibility index (Phi) is 6.87. The minimum Gasteiger partial charge on any atom is -0.382 e. The molecule has 1 N–H and O–H groups in total. The zero-order valence-electron chi connectivity index (χ0n) is 19.4. The van der Waals surface area contributed by atoms with E-state index < -0.39 is 5.60 Å². The zero-order valence-corrected chi connectivity index (χ0v) is 19.4. The molecule has 0 spiro atoms. The molecule has 3 nitrogen and oxygen atoms in total. The lowest BCUT2D eigenvalue weighted by atomic mass is 9.80. The van der Waals surface area contributed by atoms with E-state index in [1.165, 1.54) is 5.56 Å². The van der Waals surface area contributed by atoms with Gasteiger partial charge in [-0.15, -0.1) is 0 Å². The van der Waals surface area contributed by atoms with Crippen LogP contribution in [0, 0.1) is 0 Å². The van der Waals surface area contributed by atoms with Crippen LogP contribution in [0.2, 0.25) is 0 Å². The van der Waals surface area contributed by atoms with E-state index in [1.807, 2.05) is 42.5 Å². The van der Waals surface area contributed by atoms with E-state index in [0.29, 0.717) is 19.6 Å². The number of hydrogen-bond acceptors (Lipinski definition) is 3. The molecule has 2 unspecified atom stereocenters. The monoisotopic (exact) mass is 449 g/mol. The lowest BCUT2D eigenvalue weighted by molar-refractivity contribution is -0.149. The van der Waals surface area contributed by atoms with Gasteiger partial charge in [-0.1, -0.05) is 115 Å². The van der Waals surface area contributed by atoms with Gasteiger partial charge in [0, 0.05) is 26.1 Å². The number of rotatable bonds is 7. The minimum atomic E-state index is -1.15. The maximum atomic E-state index is 12.4. The molecule has 1 saturated heterocycles. The standard InChI is InChI=1S/C31H31NO2/c33-31(28-17-8-3-9-18-28,22-27-16-10-11-19-29(27)26-14-6-2-7-15-26)30-24-32(20-21-34-30)23-25-12-4-1-5-13-25/h1-19,30,33H,20-24H2. The first-order chi connectivity index (χ1) is 16.7. The highest BCUT2D eigenvalue weighted by atomic mass is 16.5. The van der Waals surface area contributed by atoms with Crippen LogP contribution in [-0.4, -0.2) is 35.8 Å². The first-order valence-electron chi connectivity index (χ1n) is 12.0. The van der Waals surface area contributed by atoms with Gasteiger partial charge in [0.2, 0.25) is 0 Å². The second kappa shape index (κ2) is 10.4. The van der Waals surface area contributed by atoms with Crippen LogP contribution in [0.1, 0.15) is 16.7 Å². The first-order valence-corrected chi connectivity index (χ1v) is 12.0. The summed E-state index contributed by atoms with van der Waals surface area (Å²) in [5.41, 5.74) is 4.44. The quantitative estimate of drug-likeness (QED) is 0.394. The van der Waals surface area contributed by atoms with E-state index >= 15 is 0 Å². The summed E-state index contributed by atoms with van der Waals surface area (Å²) in [6.07, 6.45) is 0.141. The SMILES string of the molecule is OC(Cc1ccccc1-c1ccccc1)(c1ccccc1)C1CN(Cc2ccccc2)CCO1. The number of ether oxygens (including phenoxy) is 1. The highest BCUT2D eigenvalue weighted by Crippen LogP contribution is 2.36. The smallest absolute Gasteiger partial charge is 0.121 e. The predicted molar refractivity (Wildman–Crippen MR) is 137 cm³/mol. The molecule has 1 aliphatic rings. The highest BCUT2D eigenvalue weighted by Gasteiger charge is 2.42. The van der Waals surface area contributed by atoms with Crippen molar-refractivity contribution in [2.24, 2.45) is 0 Å². The summed E-state index contributed by atoms with van der Waals surface area (Å²) >= 11 is 0. The van der Waals surface area contributed by atoms with Gasteiger partial charge in [0.15, 0.2) is 0 Å². The molecule has 34 heavy (non-hydrogen) atoms. The van der Waals surface area contributed by atoms with Gasteiger partial charge in [0.1, 0.15) is 11.7 Å². The lowest BCUT2D eigenvalue weighted by Gasteiger charge is -2.43. The lowest BCUT2D eigenvalue weighted by Crippen LogP contribution is -2.53. The number of morpholine rings is 1. The number of nitrogens with zero attached hydrogens (tertiary/aromatic N) is 1. The highest BCUT2D eigenvalue weighted by molar-refractivity contribution is 5.67. The maximum Gasteiger partial charge on any atom is 0.121 e. The van der Waals surface area contributed by atoms with E-state index in [9.17, 15) is 5.11 Å². The van der Waals surface area contributed by atoms with Crippen LogP contribution >= 0.6 is 0 Å². The van der Waals surface area contributed by atoms with Gasteiger partial charge in [0.05, 0.1) is 6.61 Å². The Morgan fingerprint density at radius 2 is 1.38 bits per heavy atom. The molecule has 0 aromatic heterocycles. The third-order valence-corrected chi connectivity index (χ3v) is 6.77. The van der Waals surface area contributed by atoms with E-state index in [4.69, 9.17) is 4.74 Å². The fraction of sp³-hybridized carbons (Fsp3) is 0.226. The minimum absolute atomic E-state index is 0.337. The summed E-state index contributed by atoms with van der Waals surface area (Å²) < 4.78 is 6.29. The van der Waals surface area contributed by atoms with E-state index in [1.54, 1.807) is 0 Å². The number of hydrogen-bond donors (Lipinski definition) is 1. The summed E-state index contributed by atoms with van der Waals surface area (Å²) in [4.78, 5) is 2.39. The molecule has 1 heterocycles. The van der Waals surface area contributed by atoms with Crippen molar-refractivity contribution in [2.75, 3.05) is 19.7 Å². The van der Waals surface area contributed by atoms with Crippen LogP contribution in [-0.2, 0) is 23.3 Å². The molecular formula is C31H31NO2.